The normalized spacial score (nSPS) is 14.5. The second-order valence-corrected chi connectivity index (χ2v) is 3.94. The summed E-state index contributed by atoms with van der Waals surface area (Å²) in [6.07, 6.45) is 4.22. The highest BCUT2D eigenvalue weighted by atomic mass is 16.5. The molecule has 0 saturated heterocycles. The number of hydrogen-bond acceptors (Lipinski definition) is 6. The predicted molar refractivity (Wildman–Crippen MR) is 61.7 cm³/mol. The molecule has 0 amide bonds. The van der Waals surface area contributed by atoms with Crippen molar-refractivity contribution >= 4 is 0 Å². The summed E-state index contributed by atoms with van der Waals surface area (Å²) in [6.45, 7) is 4.12. The summed E-state index contributed by atoms with van der Waals surface area (Å²) in [4.78, 5) is 12.3. The zero-order valence-corrected chi connectivity index (χ0v) is 9.87. The van der Waals surface area contributed by atoms with Crippen LogP contribution in [0.2, 0.25) is 0 Å². The van der Waals surface area contributed by atoms with E-state index in [2.05, 4.69) is 27.0 Å². The van der Waals surface area contributed by atoms with Gasteiger partial charge in [0.05, 0.1) is 6.04 Å². The van der Waals surface area contributed by atoms with Gasteiger partial charge in [-0.3, -0.25) is 0 Å². The molecule has 2 aromatic rings. The molecule has 0 bridgehead atoms. The van der Waals surface area contributed by atoms with Crippen molar-refractivity contribution < 1.29 is 4.52 Å². The van der Waals surface area contributed by atoms with Crippen molar-refractivity contribution in [1.82, 2.24) is 20.1 Å². The van der Waals surface area contributed by atoms with Gasteiger partial charge in [-0.1, -0.05) is 25.4 Å². The minimum atomic E-state index is -0.245. The maximum absolute atomic E-state index is 6.00. The maximum atomic E-state index is 6.00. The lowest BCUT2D eigenvalue weighted by Gasteiger charge is -2.12. The molecule has 0 aliphatic rings. The molecule has 0 saturated carbocycles. The average Bonchev–Trinajstić information content (AvgIpc) is 2.87. The Morgan fingerprint density at radius 1 is 1.29 bits per heavy atom. The molecule has 2 heterocycles. The molecule has 1 unspecified atom stereocenters. The Kier molecular flexibility index (Phi) is 3.43. The zero-order valence-electron chi connectivity index (χ0n) is 9.87. The fourth-order valence-electron chi connectivity index (χ4n) is 1.37. The molecule has 0 aliphatic carbocycles. The second-order valence-electron chi connectivity index (χ2n) is 3.94. The van der Waals surface area contributed by atoms with Crippen LogP contribution in [0.5, 0.6) is 0 Å². The Hall–Kier alpha value is -1.82. The fourth-order valence-corrected chi connectivity index (χ4v) is 1.37. The molecule has 2 atom stereocenters. The minimum Gasteiger partial charge on any atom is -0.337 e. The standard InChI is InChI=1S/C11H15N5O/c1-3-7(2)8(12)11-15-10(16-17-11)9-13-5-4-6-14-9/h4-8H,3,12H2,1-2H3/t7?,8-/m0/s1. The first-order valence-corrected chi connectivity index (χ1v) is 5.59. The Balaban J connectivity index is 2.22. The van der Waals surface area contributed by atoms with Crippen molar-refractivity contribution in [1.29, 1.82) is 0 Å². The molecule has 6 heteroatoms. The summed E-state index contributed by atoms with van der Waals surface area (Å²) in [6, 6.07) is 1.49. The first-order chi connectivity index (χ1) is 8.22. The van der Waals surface area contributed by atoms with Crippen molar-refractivity contribution in [2.24, 2.45) is 11.7 Å². The van der Waals surface area contributed by atoms with Crippen molar-refractivity contribution in [2.45, 2.75) is 26.3 Å². The van der Waals surface area contributed by atoms with Crippen molar-refractivity contribution in [3.05, 3.63) is 24.4 Å². The van der Waals surface area contributed by atoms with Crippen molar-refractivity contribution in [3.63, 3.8) is 0 Å². The van der Waals surface area contributed by atoms with Gasteiger partial charge in [-0.25, -0.2) is 9.97 Å². The van der Waals surface area contributed by atoms with Crippen molar-refractivity contribution in [3.8, 4) is 11.6 Å². The molecule has 17 heavy (non-hydrogen) atoms. The summed E-state index contributed by atoms with van der Waals surface area (Å²) in [5, 5.41) is 3.83. The van der Waals surface area contributed by atoms with E-state index in [4.69, 9.17) is 10.3 Å². The molecule has 2 rings (SSSR count). The van der Waals surface area contributed by atoms with Crippen molar-refractivity contribution in [2.75, 3.05) is 0 Å². The van der Waals surface area contributed by atoms with Crippen LogP contribution >= 0.6 is 0 Å². The lowest BCUT2D eigenvalue weighted by atomic mass is 10.0. The molecular weight excluding hydrogens is 218 g/mol. The van der Waals surface area contributed by atoms with Gasteiger partial charge in [-0.15, -0.1) is 0 Å². The van der Waals surface area contributed by atoms with E-state index in [0.717, 1.165) is 6.42 Å². The molecule has 90 valence electrons. The summed E-state index contributed by atoms with van der Waals surface area (Å²) >= 11 is 0. The number of rotatable bonds is 4. The number of nitrogens with zero attached hydrogens (tertiary/aromatic N) is 4. The van der Waals surface area contributed by atoms with Crippen LogP contribution in [-0.4, -0.2) is 20.1 Å². The first kappa shape index (κ1) is 11.7. The molecule has 2 aromatic heterocycles. The Morgan fingerprint density at radius 3 is 2.65 bits per heavy atom. The van der Waals surface area contributed by atoms with E-state index in [1.54, 1.807) is 18.5 Å². The predicted octanol–water partition coefficient (Wildman–Crippen LogP) is 1.57. The zero-order chi connectivity index (χ0) is 12.3. The van der Waals surface area contributed by atoms with Gasteiger partial charge in [0.2, 0.25) is 17.5 Å². The van der Waals surface area contributed by atoms with Crippen LogP contribution in [0.15, 0.2) is 23.0 Å². The second kappa shape index (κ2) is 5.01. The molecule has 0 radical (unpaired) electrons. The summed E-state index contributed by atoms with van der Waals surface area (Å²) < 4.78 is 5.14. The Morgan fingerprint density at radius 2 is 2.00 bits per heavy atom. The number of nitrogens with two attached hydrogens (primary N) is 1. The highest BCUT2D eigenvalue weighted by molar-refractivity contribution is 5.40. The Bertz CT molecular complexity index is 470. The minimum absolute atomic E-state index is 0.245. The van der Waals surface area contributed by atoms with Crippen LogP contribution in [0.4, 0.5) is 0 Å². The van der Waals surface area contributed by atoms with Gasteiger partial charge in [0.15, 0.2) is 0 Å². The van der Waals surface area contributed by atoms with E-state index in [9.17, 15) is 0 Å². The van der Waals surface area contributed by atoms with E-state index >= 15 is 0 Å². The molecule has 0 aromatic carbocycles. The van der Waals surface area contributed by atoms with E-state index in [-0.39, 0.29) is 6.04 Å². The van der Waals surface area contributed by atoms with Gasteiger partial charge >= 0.3 is 0 Å². The van der Waals surface area contributed by atoms with E-state index < -0.39 is 0 Å². The molecule has 0 fully saturated rings. The van der Waals surface area contributed by atoms with Gasteiger partial charge < -0.3 is 10.3 Å². The molecule has 0 aliphatic heterocycles. The van der Waals surface area contributed by atoms with Gasteiger partial charge in [-0.2, -0.15) is 4.98 Å². The molecule has 0 spiro atoms. The monoisotopic (exact) mass is 233 g/mol. The largest absolute Gasteiger partial charge is 0.337 e. The summed E-state index contributed by atoms with van der Waals surface area (Å²) in [5.41, 5.74) is 6.00. The molecular formula is C11H15N5O. The average molecular weight is 233 g/mol. The van der Waals surface area contributed by atoms with Crippen LogP contribution in [0.1, 0.15) is 32.2 Å². The fraction of sp³-hybridized carbons (Fsp3) is 0.455. The van der Waals surface area contributed by atoms with Gasteiger partial charge in [-0.05, 0) is 12.0 Å². The van der Waals surface area contributed by atoms with Gasteiger partial charge in [0.1, 0.15) is 0 Å². The third kappa shape index (κ3) is 2.47. The summed E-state index contributed by atoms with van der Waals surface area (Å²) in [5.74, 6) is 1.54. The number of hydrogen-bond donors (Lipinski definition) is 1. The van der Waals surface area contributed by atoms with Gasteiger partial charge in [0, 0.05) is 12.4 Å². The lowest BCUT2D eigenvalue weighted by Crippen LogP contribution is -2.18. The van der Waals surface area contributed by atoms with Gasteiger partial charge in [0.25, 0.3) is 0 Å². The lowest BCUT2D eigenvalue weighted by molar-refractivity contribution is 0.312. The van der Waals surface area contributed by atoms with Crippen LogP contribution in [0, 0.1) is 5.92 Å². The topological polar surface area (TPSA) is 90.7 Å². The van der Waals surface area contributed by atoms with E-state index in [1.807, 2.05) is 6.92 Å². The van der Waals surface area contributed by atoms with Crippen LogP contribution in [0.25, 0.3) is 11.6 Å². The van der Waals surface area contributed by atoms with Crippen LogP contribution < -0.4 is 5.73 Å². The van der Waals surface area contributed by atoms with E-state index in [1.165, 1.54) is 0 Å². The molecule has 6 nitrogen and oxygen atoms in total. The van der Waals surface area contributed by atoms with E-state index in [0.29, 0.717) is 23.5 Å². The highest BCUT2D eigenvalue weighted by Crippen LogP contribution is 2.21. The smallest absolute Gasteiger partial charge is 0.244 e. The number of aromatic nitrogens is 4. The highest BCUT2D eigenvalue weighted by Gasteiger charge is 2.21. The molecule has 2 N–H and O–H groups in total. The first-order valence-electron chi connectivity index (χ1n) is 5.59. The third-order valence-corrected chi connectivity index (χ3v) is 2.75. The SMILES string of the molecule is CCC(C)[C@H](N)c1nc(-c2ncccn2)no1. The maximum Gasteiger partial charge on any atom is 0.244 e. The quantitative estimate of drug-likeness (QED) is 0.861. The Labute approximate surface area is 99.3 Å². The van der Waals surface area contributed by atoms with Crippen LogP contribution in [-0.2, 0) is 0 Å². The summed E-state index contributed by atoms with van der Waals surface area (Å²) in [7, 11) is 0. The third-order valence-electron chi connectivity index (χ3n) is 2.75. The van der Waals surface area contributed by atoms with Crippen LogP contribution in [0.3, 0.4) is 0 Å².